The van der Waals surface area contributed by atoms with Gasteiger partial charge in [0.1, 0.15) is 0 Å². The lowest BCUT2D eigenvalue weighted by atomic mass is 10.00. The van der Waals surface area contributed by atoms with Gasteiger partial charge in [-0.2, -0.15) is 0 Å². The van der Waals surface area contributed by atoms with Gasteiger partial charge in [0.05, 0.1) is 0 Å². The molecule has 2 heterocycles. The third kappa shape index (κ3) is 5.44. The fraction of sp³-hybridized carbons (Fsp3) is 0.565. The van der Waals surface area contributed by atoms with E-state index >= 15 is 0 Å². The molecule has 1 fully saturated rings. The smallest absolute Gasteiger partial charge is 0.251 e. The van der Waals surface area contributed by atoms with E-state index in [4.69, 9.17) is 0 Å². The predicted octanol–water partition coefficient (Wildman–Crippen LogP) is 3.54. The number of H-pyrrole nitrogens is 1. The minimum absolute atomic E-state index is 0.0223. The summed E-state index contributed by atoms with van der Waals surface area (Å²) in [6.07, 6.45) is 6.96. The van der Waals surface area contributed by atoms with Gasteiger partial charge in [0.15, 0.2) is 0 Å². The molecule has 0 saturated carbocycles. The van der Waals surface area contributed by atoms with Crippen molar-refractivity contribution in [2.24, 2.45) is 0 Å². The van der Waals surface area contributed by atoms with Crippen molar-refractivity contribution in [1.82, 2.24) is 15.2 Å². The second-order valence-electron chi connectivity index (χ2n) is 8.01. The zero-order chi connectivity index (χ0) is 19.9. The summed E-state index contributed by atoms with van der Waals surface area (Å²) in [5, 5.41) is 4.02. The molecular formula is C23H33N3O2. The lowest BCUT2D eigenvalue weighted by Crippen LogP contribution is -2.40. The first-order valence-corrected chi connectivity index (χ1v) is 10.7. The van der Waals surface area contributed by atoms with Crippen molar-refractivity contribution >= 4 is 16.8 Å². The van der Waals surface area contributed by atoms with Crippen molar-refractivity contribution in [3.63, 3.8) is 0 Å². The summed E-state index contributed by atoms with van der Waals surface area (Å²) in [4.78, 5) is 29.9. The SMILES string of the molecule is CC[C@@H]1CCCCN1CCCNC(=O)CCc1cc2ccc(C)cc2[nH]c1=O. The van der Waals surface area contributed by atoms with Gasteiger partial charge in [-0.1, -0.05) is 25.5 Å². The van der Waals surface area contributed by atoms with Gasteiger partial charge in [0.2, 0.25) is 5.91 Å². The lowest BCUT2D eigenvalue weighted by Gasteiger charge is -2.35. The number of aromatic nitrogens is 1. The standard InChI is InChI=1S/C23H33N3O2/c1-3-20-7-4-5-13-26(20)14-6-12-24-22(27)11-10-19-16-18-9-8-17(2)15-21(18)25-23(19)28/h8-9,15-16,20H,3-7,10-14H2,1-2H3,(H,24,27)(H,25,28)/t20-/m1/s1. The molecular weight excluding hydrogens is 350 g/mol. The van der Waals surface area contributed by atoms with Crippen molar-refractivity contribution in [3.8, 4) is 0 Å². The van der Waals surface area contributed by atoms with E-state index in [0.29, 0.717) is 31.0 Å². The van der Waals surface area contributed by atoms with Gasteiger partial charge < -0.3 is 15.2 Å². The number of hydrogen-bond donors (Lipinski definition) is 2. The van der Waals surface area contributed by atoms with Gasteiger partial charge in [-0.3, -0.25) is 9.59 Å². The van der Waals surface area contributed by atoms with Crippen LogP contribution in [0.15, 0.2) is 29.1 Å². The van der Waals surface area contributed by atoms with Crippen LogP contribution in [0.1, 0.15) is 56.6 Å². The predicted molar refractivity (Wildman–Crippen MR) is 115 cm³/mol. The molecule has 0 bridgehead atoms. The molecule has 1 saturated heterocycles. The number of amides is 1. The molecule has 1 amide bonds. The molecule has 5 heteroatoms. The van der Waals surface area contributed by atoms with Gasteiger partial charge in [0, 0.05) is 36.6 Å². The average Bonchev–Trinajstić information content (AvgIpc) is 2.70. The number of pyridine rings is 1. The van der Waals surface area contributed by atoms with E-state index in [1.807, 2.05) is 31.2 Å². The Morgan fingerprint density at radius 1 is 1.29 bits per heavy atom. The van der Waals surface area contributed by atoms with E-state index in [2.05, 4.69) is 22.1 Å². The van der Waals surface area contributed by atoms with Crippen LogP contribution in [0.2, 0.25) is 0 Å². The van der Waals surface area contributed by atoms with Crippen LogP contribution in [0.25, 0.3) is 10.9 Å². The van der Waals surface area contributed by atoms with Gasteiger partial charge in [-0.05, 0) is 68.7 Å². The maximum atomic E-state index is 12.3. The number of likely N-dealkylation sites (tertiary alicyclic amines) is 1. The summed E-state index contributed by atoms with van der Waals surface area (Å²) in [5.74, 6) is 0.0223. The van der Waals surface area contributed by atoms with E-state index < -0.39 is 0 Å². The zero-order valence-corrected chi connectivity index (χ0v) is 17.2. The molecule has 1 aromatic carbocycles. The van der Waals surface area contributed by atoms with Gasteiger partial charge in [0.25, 0.3) is 5.56 Å². The Hall–Kier alpha value is -2.14. The molecule has 1 atom stereocenters. The topological polar surface area (TPSA) is 65.2 Å². The number of aromatic amines is 1. The second kappa shape index (κ2) is 9.87. The van der Waals surface area contributed by atoms with Crippen molar-refractivity contribution in [2.45, 2.75) is 64.8 Å². The Bertz CT molecular complexity index is 859. The zero-order valence-electron chi connectivity index (χ0n) is 17.2. The molecule has 0 spiro atoms. The molecule has 5 nitrogen and oxygen atoms in total. The molecule has 28 heavy (non-hydrogen) atoms. The fourth-order valence-electron chi connectivity index (χ4n) is 4.21. The minimum atomic E-state index is -0.0957. The number of carbonyl (C=O) groups is 1. The number of piperidine rings is 1. The quantitative estimate of drug-likeness (QED) is 0.685. The summed E-state index contributed by atoms with van der Waals surface area (Å²) in [5.41, 5.74) is 2.54. The second-order valence-corrected chi connectivity index (χ2v) is 8.01. The Morgan fingerprint density at radius 3 is 2.96 bits per heavy atom. The Kier molecular flexibility index (Phi) is 7.26. The first kappa shape index (κ1) is 20.6. The van der Waals surface area contributed by atoms with Crippen LogP contribution in [0, 0.1) is 6.92 Å². The maximum absolute atomic E-state index is 12.3. The molecule has 3 rings (SSSR count). The Morgan fingerprint density at radius 2 is 2.14 bits per heavy atom. The normalized spacial score (nSPS) is 17.7. The summed E-state index contributed by atoms with van der Waals surface area (Å²) >= 11 is 0. The van der Waals surface area contributed by atoms with Crippen LogP contribution in [0.4, 0.5) is 0 Å². The first-order valence-electron chi connectivity index (χ1n) is 10.7. The summed E-state index contributed by atoms with van der Waals surface area (Å²) < 4.78 is 0. The van der Waals surface area contributed by atoms with Crippen molar-refractivity contribution in [2.75, 3.05) is 19.6 Å². The van der Waals surface area contributed by atoms with Crippen LogP contribution in [-0.4, -0.2) is 41.5 Å². The van der Waals surface area contributed by atoms with Gasteiger partial charge >= 0.3 is 0 Å². The number of rotatable bonds is 8. The molecule has 2 N–H and O–H groups in total. The van der Waals surface area contributed by atoms with Crippen LogP contribution in [0.3, 0.4) is 0 Å². The van der Waals surface area contributed by atoms with Crippen LogP contribution < -0.4 is 10.9 Å². The van der Waals surface area contributed by atoms with E-state index in [1.165, 1.54) is 32.2 Å². The summed E-state index contributed by atoms with van der Waals surface area (Å²) in [6, 6.07) is 8.63. The minimum Gasteiger partial charge on any atom is -0.356 e. The number of nitrogens with one attached hydrogen (secondary N) is 2. The number of hydrogen-bond acceptors (Lipinski definition) is 3. The summed E-state index contributed by atoms with van der Waals surface area (Å²) in [6.45, 7) is 7.22. The highest BCUT2D eigenvalue weighted by Crippen LogP contribution is 2.19. The highest BCUT2D eigenvalue weighted by atomic mass is 16.1. The highest BCUT2D eigenvalue weighted by Gasteiger charge is 2.19. The highest BCUT2D eigenvalue weighted by molar-refractivity contribution is 5.80. The fourth-order valence-corrected chi connectivity index (χ4v) is 4.21. The largest absolute Gasteiger partial charge is 0.356 e. The van der Waals surface area contributed by atoms with Gasteiger partial charge in [-0.15, -0.1) is 0 Å². The van der Waals surface area contributed by atoms with Crippen molar-refractivity contribution in [1.29, 1.82) is 0 Å². The molecule has 1 aliphatic rings. The molecule has 152 valence electrons. The van der Waals surface area contributed by atoms with Crippen LogP contribution >= 0.6 is 0 Å². The molecule has 0 unspecified atom stereocenters. The third-order valence-electron chi connectivity index (χ3n) is 5.86. The molecule has 1 aromatic heterocycles. The van der Waals surface area contributed by atoms with Crippen molar-refractivity contribution in [3.05, 3.63) is 45.7 Å². The molecule has 2 aromatic rings. The number of carbonyl (C=O) groups excluding carboxylic acids is 1. The van der Waals surface area contributed by atoms with Crippen LogP contribution in [0.5, 0.6) is 0 Å². The van der Waals surface area contributed by atoms with E-state index in [0.717, 1.165) is 29.4 Å². The van der Waals surface area contributed by atoms with Crippen molar-refractivity contribution < 1.29 is 4.79 Å². The summed E-state index contributed by atoms with van der Waals surface area (Å²) in [7, 11) is 0. The molecule has 1 aliphatic heterocycles. The molecule has 0 radical (unpaired) electrons. The Labute approximate surface area is 167 Å². The van der Waals surface area contributed by atoms with E-state index in [1.54, 1.807) is 0 Å². The average molecular weight is 384 g/mol. The molecule has 0 aliphatic carbocycles. The lowest BCUT2D eigenvalue weighted by molar-refractivity contribution is -0.121. The number of fused-ring (bicyclic) bond motifs is 1. The number of aryl methyl sites for hydroxylation is 2. The van der Waals surface area contributed by atoms with E-state index in [-0.39, 0.29) is 11.5 Å². The monoisotopic (exact) mass is 383 g/mol. The number of nitrogens with zero attached hydrogens (tertiary/aromatic N) is 1. The maximum Gasteiger partial charge on any atom is 0.251 e. The Balaban J connectivity index is 1.43. The number of benzene rings is 1. The first-order chi connectivity index (χ1) is 13.6. The van der Waals surface area contributed by atoms with Crippen LogP contribution in [-0.2, 0) is 11.2 Å². The third-order valence-corrected chi connectivity index (χ3v) is 5.86. The van der Waals surface area contributed by atoms with E-state index in [9.17, 15) is 9.59 Å². The van der Waals surface area contributed by atoms with Gasteiger partial charge in [-0.25, -0.2) is 0 Å².